The maximum Gasteiger partial charge on any atom is 0.335 e. The zero-order valence-electron chi connectivity index (χ0n) is 8.28. The molecular formula is C8H7FN2O6. The van der Waals surface area contributed by atoms with E-state index in [-0.39, 0.29) is 11.4 Å². The van der Waals surface area contributed by atoms with Crippen molar-refractivity contribution in [3.63, 3.8) is 0 Å². The van der Waals surface area contributed by atoms with Gasteiger partial charge in [0.15, 0.2) is 6.67 Å². The molecule has 9 heteroatoms. The molecule has 0 bridgehead atoms. The van der Waals surface area contributed by atoms with Gasteiger partial charge in [0.25, 0.3) is 11.4 Å². The number of rotatable bonds is 3. The van der Waals surface area contributed by atoms with Crippen molar-refractivity contribution in [2.45, 2.75) is 0 Å². The van der Waals surface area contributed by atoms with Gasteiger partial charge in [0, 0.05) is 24.3 Å². The molecule has 1 N–H and O–H groups in total. The fourth-order valence-corrected chi connectivity index (χ4v) is 0.696. The molecule has 0 radical (unpaired) electrons. The molecule has 0 saturated carbocycles. The highest BCUT2D eigenvalue weighted by Gasteiger charge is 2.08. The summed E-state index contributed by atoms with van der Waals surface area (Å²) in [5, 5.41) is 27.6. The Morgan fingerprint density at radius 3 is 1.47 bits per heavy atom. The van der Waals surface area contributed by atoms with Gasteiger partial charge >= 0.3 is 5.97 Å². The summed E-state index contributed by atoms with van der Waals surface area (Å²) in [6.07, 6.45) is 0. The van der Waals surface area contributed by atoms with Gasteiger partial charge in [-0.2, -0.15) is 0 Å². The lowest BCUT2D eigenvalue weighted by molar-refractivity contribution is -0.389. The molecule has 0 atom stereocenters. The number of halogens is 1. The molecule has 0 heterocycles. The van der Waals surface area contributed by atoms with E-state index in [9.17, 15) is 24.6 Å². The Labute approximate surface area is 93.6 Å². The Bertz CT molecular complexity index is 386. The van der Waals surface area contributed by atoms with Crippen LogP contribution in [0.15, 0.2) is 24.3 Å². The summed E-state index contributed by atoms with van der Waals surface area (Å²) in [6.45, 7) is -1.28. The second-order valence-corrected chi connectivity index (χ2v) is 2.56. The van der Waals surface area contributed by atoms with E-state index in [0.717, 1.165) is 24.3 Å². The fourth-order valence-electron chi connectivity index (χ4n) is 0.696. The molecule has 17 heavy (non-hydrogen) atoms. The van der Waals surface area contributed by atoms with E-state index in [1.807, 2.05) is 0 Å². The molecule has 0 aliphatic rings. The van der Waals surface area contributed by atoms with Crippen LogP contribution < -0.4 is 0 Å². The molecule has 92 valence electrons. The van der Waals surface area contributed by atoms with E-state index in [4.69, 9.17) is 9.90 Å². The van der Waals surface area contributed by atoms with Crippen molar-refractivity contribution >= 4 is 17.3 Å². The maximum atomic E-state index is 10.5. The van der Waals surface area contributed by atoms with Crippen LogP contribution in [0.1, 0.15) is 0 Å². The lowest BCUT2D eigenvalue weighted by Crippen LogP contribution is -1.93. The molecular weight excluding hydrogens is 239 g/mol. The molecule has 0 unspecified atom stereocenters. The number of nitro groups is 2. The molecule has 0 saturated heterocycles. The van der Waals surface area contributed by atoms with Crippen molar-refractivity contribution in [2.24, 2.45) is 0 Å². The van der Waals surface area contributed by atoms with E-state index in [2.05, 4.69) is 0 Å². The Kier molecular flexibility index (Phi) is 5.79. The van der Waals surface area contributed by atoms with Gasteiger partial charge in [-0.15, -0.1) is 0 Å². The third-order valence-electron chi connectivity index (χ3n) is 1.39. The number of hydrogen-bond donors (Lipinski definition) is 1. The zero-order valence-corrected chi connectivity index (χ0v) is 8.28. The Morgan fingerprint density at radius 2 is 1.35 bits per heavy atom. The molecule has 0 fully saturated rings. The summed E-state index contributed by atoms with van der Waals surface area (Å²) in [4.78, 5) is 28.0. The average Bonchev–Trinajstić information content (AvgIpc) is 2.29. The fraction of sp³-hybridized carbons (Fsp3) is 0.125. The van der Waals surface area contributed by atoms with Crippen molar-refractivity contribution in [2.75, 3.05) is 6.67 Å². The molecule has 1 aromatic carbocycles. The molecule has 1 aromatic rings. The topological polar surface area (TPSA) is 124 Å². The van der Waals surface area contributed by atoms with E-state index in [1.54, 1.807) is 0 Å². The smallest absolute Gasteiger partial charge is 0.335 e. The molecule has 1 rings (SSSR count). The van der Waals surface area contributed by atoms with E-state index in [1.165, 1.54) is 0 Å². The first kappa shape index (κ1) is 14.4. The third-order valence-corrected chi connectivity index (χ3v) is 1.39. The van der Waals surface area contributed by atoms with Crippen LogP contribution in [0.25, 0.3) is 0 Å². The quantitative estimate of drug-likeness (QED) is 0.637. The monoisotopic (exact) mass is 246 g/mol. The molecule has 0 amide bonds. The number of carboxylic acid groups (broad SMARTS) is 1. The molecule has 0 aromatic heterocycles. The SMILES string of the molecule is O=C(O)CF.O=[N+]([O-])c1ccc([N+](=O)[O-])cc1. The van der Waals surface area contributed by atoms with Crippen molar-refractivity contribution < 1.29 is 24.1 Å². The van der Waals surface area contributed by atoms with Crippen LogP contribution in [0.4, 0.5) is 15.8 Å². The van der Waals surface area contributed by atoms with Gasteiger partial charge in [0.1, 0.15) is 0 Å². The number of carboxylic acids is 1. The predicted octanol–water partition coefficient (Wildman–Crippen LogP) is 1.54. The molecule has 0 aliphatic carbocycles. The number of non-ortho nitro benzene ring substituents is 2. The number of alkyl halides is 1. The number of hydrogen-bond acceptors (Lipinski definition) is 5. The normalized spacial score (nSPS) is 8.76. The highest BCUT2D eigenvalue weighted by atomic mass is 19.1. The van der Waals surface area contributed by atoms with Gasteiger partial charge in [-0.1, -0.05) is 0 Å². The minimum absolute atomic E-state index is 0.152. The van der Waals surface area contributed by atoms with Crippen molar-refractivity contribution in [3.8, 4) is 0 Å². The standard InChI is InChI=1S/C6H4N2O4.C2H3FO2/c9-7(10)5-1-2-6(4-3-5)8(11)12;3-1-2(4)5/h1-4H;1H2,(H,4,5). The van der Waals surface area contributed by atoms with Crippen molar-refractivity contribution in [1.82, 2.24) is 0 Å². The molecule has 8 nitrogen and oxygen atoms in total. The van der Waals surface area contributed by atoms with E-state index >= 15 is 0 Å². The number of nitro benzene ring substituents is 2. The van der Waals surface area contributed by atoms with Crippen LogP contribution >= 0.6 is 0 Å². The number of nitrogens with zero attached hydrogens (tertiary/aromatic N) is 2. The average molecular weight is 246 g/mol. The molecule has 0 aliphatic heterocycles. The maximum absolute atomic E-state index is 10.5. The third kappa shape index (κ3) is 5.77. The summed E-state index contributed by atoms with van der Waals surface area (Å²) < 4.78 is 10.5. The summed E-state index contributed by atoms with van der Waals surface area (Å²) in [5.41, 5.74) is -0.304. The van der Waals surface area contributed by atoms with Crippen molar-refractivity contribution in [3.05, 3.63) is 44.5 Å². The Hall–Kier alpha value is -2.58. The second-order valence-electron chi connectivity index (χ2n) is 2.56. The van der Waals surface area contributed by atoms with E-state index < -0.39 is 22.5 Å². The number of benzene rings is 1. The number of carbonyl (C=O) groups is 1. The Balaban J connectivity index is 0.000000437. The minimum atomic E-state index is -1.41. The van der Waals surface area contributed by atoms with Gasteiger partial charge in [0.05, 0.1) is 9.85 Å². The first-order chi connectivity index (χ1) is 7.88. The summed E-state index contributed by atoms with van der Waals surface area (Å²) in [7, 11) is 0. The highest BCUT2D eigenvalue weighted by molar-refractivity contribution is 5.67. The largest absolute Gasteiger partial charge is 0.479 e. The second kappa shape index (κ2) is 6.82. The molecule has 0 spiro atoms. The zero-order chi connectivity index (χ0) is 13.4. The van der Waals surface area contributed by atoms with Crippen molar-refractivity contribution in [1.29, 1.82) is 0 Å². The summed E-state index contributed by atoms with van der Waals surface area (Å²) in [6, 6.07) is 4.38. The lowest BCUT2D eigenvalue weighted by Gasteiger charge is -1.90. The van der Waals surface area contributed by atoms with Gasteiger partial charge < -0.3 is 5.11 Å². The number of aliphatic carboxylic acids is 1. The van der Waals surface area contributed by atoms with Crippen LogP contribution in [-0.4, -0.2) is 27.6 Å². The first-order valence-corrected chi connectivity index (χ1v) is 4.05. The highest BCUT2D eigenvalue weighted by Crippen LogP contribution is 2.16. The van der Waals surface area contributed by atoms with Gasteiger partial charge in [0.2, 0.25) is 0 Å². The van der Waals surface area contributed by atoms with Gasteiger partial charge in [-0.25, -0.2) is 9.18 Å². The first-order valence-electron chi connectivity index (χ1n) is 4.05. The van der Waals surface area contributed by atoms with Gasteiger partial charge in [-0.05, 0) is 0 Å². The summed E-state index contributed by atoms with van der Waals surface area (Å²) >= 11 is 0. The van der Waals surface area contributed by atoms with E-state index in [0.29, 0.717) is 0 Å². The van der Waals surface area contributed by atoms with Crippen LogP contribution in [0.5, 0.6) is 0 Å². The lowest BCUT2D eigenvalue weighted by atomic mass is 10.3. The van der Waals surface area contributed by atoms with Crippen LogP contribution in [-0.2, 0) is 4.79 Å². The Morgan fingerprint density at radius 1 is 1.12 bits per heavy atom. The van der Waals surface area contributed by atoms with Gasteiger partial charge in [-0.3, -0.25) is 20.2 Å². The van der Waals surface area contributed by atoms with Crippen LogP contribution in [0, 0.1) is 20.2 Å². The van der Waals surface area contributed by atoms with Crippen LogP contribution in [0.2, 0.25) is 0 Å². The predicted molar refractivity (Wildman–Crippen MR) is 53.4 cm³/mol. The minimum Gasteiger partial charge on any atom is -0.479 e. The summed E-state index contributed by atoms with van der Waals surface area (Å²) in [5.74, 6) is -1.41. The van der Waals surface area contributed by atoms with Crippen LogP contribution in [0.3, 0.4) is 0 Å².